The summed E-state index contributed by atoms with van der Waals surface area (Å²) < 4.78 is 0. The Morgan fingerprint density at radius 2 is 2.09 bits per heavy atom. The van der Waals surface area contributed by atoms with Crippen LogP contribution >= 0.6 is 11.3 Å². The van der Waals surface area contributed by atoms with Crippen LogP contribution in [0.3, 0.4) is 0 Å². The van der Waals surface area contributed by atoms with Crippen molar-refractivity contribution in [3.8, 4) is 0 Å². The van der Waals surface area contributed by atoms with E-state index in [0.717, 1.165) is 66.9 Å². The molecule has 1 fully saturated rings. The number of pyridine rings is 1. The van der Waals surface area contributed by atoms with E-state index < -0.39 is 0 Å². The SMILES string of the molecule is CN1CCN(C(=O)[C@H]2CCc3c(sc4ncnc(Nc5cc6c([nH]c5=O)CN=C6)c34)C2)CC1. The van der Waals surface area contributed by atoms with Gasteiger partial charge in [0.15, 0.2) is 0 Å². The number of piperazine rings is 1. The second-order valence-corrected chi connectivity index (χ2v) is 10.1. The number of anilines is 2. The van der Waals surface area contributed by atoms with Crippen LogP contribution < -0.4 is 10.9 Å². The van der Waals surface area contributed by atoms with E-state index in [-0.39, 0.29) is 17.4 Å². The number of hydrogen-bond acceptors (Lipinski definition) is 8. The Balaban J connectivity index is 1.29. The highest BCUT2D eigenvalue weighted by Crippen LogP contribution is 2.40. The van der Waals surface area contributed by atoms with E-state index in [0.29, 0.717) is 18.1 Å². The van der Waals surface area contributed by atoms with Crippen LogP contribution in [0.5, 0.6) is 0 Å². The summed E-state index contributed by atoms with van der Waals surface area (Å²) in [5, 5.41) is 4.21. The van der Waals surface area contributed by atoms with Crippen LogP contribution in [0.1, 0.15) is 28.1 Å². The number of nitrogens with one attached hydrogen (secondary N) is 2. The van der Waals surface area contributed by atoms with Crippen molar-refractivity contribution < 1.29 is 4.79 Å². The molecule has 6 rings (SSSR count). The molecule has 3 aromatic heterocycles. The number of amides is 1. The summed E-state index contributed by atoms with van der Waals surface area (Å²) >= 11 is 1.64. The first-order valence-electron chi connectivity index (χ1n) is 11.3. The standard InChI is InChI=1S/C23H25N7O2S/c1-29-4-6-30(7-5-29)23(32)13-2-3-15-18(9-13)33-22-19(15)20(25-12-26-22)27-16-8-14-10-24-11-17(14)28-21(16)31/h8,10,12-13H,2-7,9,11H2,1H3,(H,28,31)(H,25,26,27)/t13-/m0/s1. The number of nitrogens with zero attached hydrogens (tertiary/aromatic N) is 5. The average Bonchev–Trinajstić information content (AvgIpc) is 3.43. The molecular formula is C23H25N7O2S. The summed E-state index contributed by atoms with van der Waals surface area (Å²) in [6.07, 6.45) is 5.69. The number of aromatic amines is 1. The van der Waals surface area contributed by atoms with Crippen molar-refractivity contribution in [2.24, 2.45) is 10.9 Å². The van der Waals surface area contributed by atoms with Gasteiger partial charge in [0.1, 0.15) is 22.7 Å². The predicted molar refractivity (Wildman–Crippen MR) is 129 cm³/mol. The maximum Gasteiger partial charge on any atom is 0.271 e. The van der Waals surface area contributed by atoms with E-state index >= 15 is 0 Å². The molecule has 0 bridgehead atoms. The minimum atomic E-state index is -0.187. The molecule has 1 saturated heterocycles. The summed E-state index contributed by atoms with van der Waals surface area (Å²) in [7, 11) is 2.10. The zero-order chi connectivity index (χ0) is 22.5. The molecule has 10 heteroatoms. The molecule has 1 amide bonds. The lowest BCUT2D eigenvalue weighted by Crippen LogP contribution is -2.49. The van der Waals surface area contributed by atoms with Crippen molar-refractivity contribution in [2.45, 2.75) is 25.8 Å². The van der Waals surface area contributed by atoms with Gasteiger partial charge in [-0.25, -0.2) is 9.97 Å². The van der Waals surface area contributed by atoms with Crippen LogP contribution in [0.2, 0.25) is 0 Å². The van der Waals surface area contributed by atoms with Crippen molar-refractivity contribution >= 4 is 45.2 Å². The monoisotopic (exact) mass is 463 g/mol. The summed E-state index contributed by atoms with van der Waals surface area (Å²) in [6.45, 7) is 4.00. The Morgan fingerprint density at radius 1 is 1.24 bits per heavy atom. The van der Waals surface area contributed by atoms with E-state index in [1.165, 1.54) is 16.8 Å². The van der Waals surface area contributed by atoms with Crippen molar-refractivity contribution in [1.82, 2.24) is 24.8 Å². The van der Waals surface area contributed by atoms with Gasteiger partial charge in [0.05, 0.1) is 11.9 Å². The van der Waals surface area contributed by atoms with Gasteiger partial charge >= 0.3 is 0 Å². The third kappa shape index (κ3) is 3.63. The third-order valence-corrected chi connectivity index (χ3v) is 8.06. The topological polar surface area (TPSA) is 107 Å². The van der Waals surface area contributed by atoms with E-state index in [2.05, 4.69) is 37.2 Å². The quantitative estimate of drug-likeness (QED) is 0.615. The van der Waals surface area contributed by atoms with E-state index in [4.69, 9.17) is 0 Å². The van der Waals surface area contributed by atoms with Crippen LogP contribution in [0.4, 0.5) is 11.5 Å². The Labute approximate surface area is 194 Å². The maximum atomic E-state index is 13.1. The number of aryl methyl sites for hydroxylation is 1. The lowest BCUT2D eigenvalue weighted by atomic mass is 9.86. The van der Waals surface area contributed by atoms with Crippen LogP contribution in [-0.4, -0.2) is 70.1 Å². The molecule has 5 heterocycles. The van der Waals surface area contributed by atoms with Crippen molar-refractivity contribution in [1.29, 1.82) is 0 Å². The van der Waals surface area contributed by atoms with Crippen LogP contribution in [0.15, 0.2) is 22.2 Å². The Morgan fingerprint density at radius 3 is 2.94 bits per heavy atom. The zero-order valence-electron chi connectivity index (χ0n) is 18.4. The first kappa shape index (κ1) is 20.5. The average molecular weight is 464 g/mol. The highest BCUT2D eigenvalue weighted by molar-refractivity contribution is 7.19. The van der Waals surface area contributed by atoms with Gasteiger partial charge < -0.3 is 20.1 Å². The fourth-order valence-electron chi connectivity index (χ4n) is 4.99. The highest BCUT2D eigenvalue weighted by atomic mass is 32.1. The Kier molecular flexibility index (Phi) is 4.99. The number of aliphatic imine (C=N–C) groups is 1. The third-order valence-electron chi connectivity index (χ3n) is 6.90. The molecule has 3 aliphatic rings. The summed E-state index contributed by atoms with van der Waals surface area (Å²) in [5.41, 5.74) is 3.22. The smallest absolute Gasteiger partial charge is 0.271 e. The van der Waals surface area contributed by atoms with E-state index in [1.807, 2.05) is 11.0 Å². The molecule has 0 spiro atoms. The Bertz CT molecular complexity index is 1340. The molecule has 1 aliphatic carbocycles. The van der Waals surface area contributed by atoms with Gasteiger partial charge in [0.2, 0.25) is 5.91 Å². The number of carbonyl (C=O) groups is 1. The normalized spacial score (nSPS) is 20.2. The number of carbonyl (C=O) groups excluding carboxylic acids is 1. The number of fused-ring (bicyclic) bond motifs is 4. The lowest BCUT2D eigenvalue weighted by Gasteiger charge is -2.35. The van der Waals surface area contributed by atoms with Gasteiger partial charge in [-0.3, -0.25) is 14.6 Å². The number of likely N-dealkylation sites (N-methyl/N-ethyl adjacent to an activating group) is 1. The number of thiophene rings is 1. The van der Waals surface area contributed by atoms with Gasteiger partial charge in [0.25, 0.3) is 5.56 Å². The van der Waals surface area contributed by atoms with Gasteiger partial charge in [0, 0.05) is 54.4 Å². The minimum Gasteiger partial charge on any atom is -0.340 e. The molecule has 0 aromatic carbocycles. The van der Waals surface area contributed by atoms with Crippen LogP contribution in [0, 0.1) is 5.92 Å². The van der Waals surface area contributed by atoms with Crippen molar-refractivity contribution in [2.75, 3.05) is 38.5 Å². The molecule has 1 atom stereocenters. The first-order chi connectivity index (χ1) is 16.1. The van der Waals surface area contributed by atoms with Gasteiger partial charge in [-0.05, 0) is 37.9 Å². The number of H-pyrrole nitrogens is 1. The van der Waals surface area contributed by atoms with Gasteiger partial charge in [-0.2, -0.15) is 0 Å². The predicted octanol–water partition coefficient (Wildman–Crippen LogP) is 1.93. The second kappa shape index (κ2) is 8.03. The van der Waals surface area contributed by atoms with Crippen molar-refractivity contribution in [3.05, 3.63) is 44.4 Å². The summed E-state index contributed by atoms with van der Waals surface area (Å²) in [5.74, 6) is 0.945. The van der Waals surface area contributed by atoms with Crippen molar-refractivity contribution in [3.63, 3.8) is 0 Å². The maximum absolute atomic E-state index is 13.1. The summed E-state index contributed by atoms with van der Waals surface area (Å²) in [4.78, 5) is 48.2. The van der Waals surface area contributed by atoms with Crippen LogP contribution in [-0.2, 0) is 24.2 Å². The fraction of sp³-hybridized carbons (Fsp3) is 0.435. The van der Waals surface area contributed by atoms with Gasteiger partial charge in [-0.1, -0.05) is 0 Å². The van der Waals surface area contributed by atoms with Crippen LogP contribution in [0.25, 0.3) is 10.2 Å². The zero-order valence-corrected chi connectivity index (χ0v) is 19.2. The van der Waals surface area contributed by atoms with Gasteiger partial charge in [-0.15, -0.1) is 11.3 Å². The molecule has 0 radical (unpaired) electrons. The largest absolute Gasteiger partial charge is 0.340 e. The summed E-state index contributed by atoms with van der Waals surface area (Å²) in [6, 6.07) is 1.82. The first-order valence-corrected chi connectivity index (χ1v) is 12.1. The molecule has 0 unspecified atom stereocenters. The molecule has 9 nitrogen and oxygen atoms in total. The molecular weight excluding hydrogens is 438 g/mol. The fourth-order valence-corrected chi connectivity index (χ4v) is 6.25. The van der Waals surface area contributed by atoms with E-state index in [1.54, 1.807) is 17.6 Å². The molecule has 33 heavy (non-hydrogen) atoms. The highest BCUT2D eigenvalue weighted by Gasteiger charge is 2.32. The minimum absolute atomic E-state index is 0.0252. The molecule has 0 saturated carbocycles. The molecule has 2 aliphatic heterocycles. The second-order valence-electron chi connectivity index (χ2n) is 9.02. The number of rotatable bonds is 3. The number of aromatic nitrogens is 3. The molecule has 170 valence electrons. The molecule has 3 aromatic rings. The lowest BCUT2D eigenvalue weighted by molar-refractivity contribution is -0.137. The van der Waals surface area contributed by atoms with E-state index in [9.17, 15) is 9.59 Å². The molecule has 2 N–H and O–H groups in total. The Hall–Kier alpha value is -3.11. The number of hydrogen-bond donors (Lipinski definition) is 2.